The summed E-state index contributed by atoms with van der Waals surface area (Å²) in [6.45, 7) is 9.83. The van der Waals surface area contributed by atoms with Gasteiger partial charge in [-0.15, -0.1) is 0 Å². The van der Waals surface area contributed by atoms with E-state index >= 15 is 0 Å². The van der Waals surface area contributed by atoms with Gasteiger partial charge in [-0.1, -0.05) is 80.0 Å². The standard InChI is InChI=1S/C35H41Cl2N7O3/c1-20(2)31(19-45)41-18-30-35(47-5)44-28(17-40-30)26-11-7-9-24(33(26)37)23-8-6-10-25(32(23)36)27-16-39-29(34(43-27)46-4)15-38-14-22-13-12-21(3)42-22/h6-11,16-17,20,22,31,38,41-42,45H,3,12-15,18-19H2,1-2,4-5H3/t22-,31+/m0/s1. The molecule has 2 aromatic carbocycles. The number of aromatic nitrogens is 4. The van der Waals surface area contributed by atoms with Gasteiger partial charge in [-0.2, -0.15) is 0 Å². The Hall–Kier alpha value is -3.80. The number of nitrogens with zero attached hydrogens (tertiary/aromatic N) is 4. The van der Waals surface area contributed by atoms with Crippen LogP contribution in [0.3, 0.4) is 0 Å². The maximum absolute atomic E-state index is 9.67. The summed E-state index contributed by atoms with van der Waals surface area (Å²) in [6, 6.07) is 11.7. The molecule has 248 valence electrons. The summed E-state index contributed by atoms with van der Waals surface area (Å²) in [5, 5.41) is 20.8. The number of allylic oxidation sites excluding steroid dienone is 1. The van der Waals surface area contributed by atoms with Crippen molar-refractivity contribution in [2.75, 3.05) is 27.4 Å². The fraction of sp³-hybridized carbons (Fsp3) is 0.371. The lowest BCUT2D eigenvalue weighted by Gasteiger charge is -2.20. The van der Waals surface area contributed by atoms with Crippen molar-refractivity contribution < 1.29 is 14.6 Å². The molecule has 0 radical (unpaired) electrons. The Labute approximate surface area is 286 Å². The van der Waals surface area contributed by atoms with Gasteiger partial charge in [0.1, 0.15) is 11.4 Å². The van der Waals surface area contributed by atoms with Crippen molar-refractivity contribution in [2.24, 2.45) is 5.92 Å². The predicted octanol–water partition coefficient (Wildman–Crippen LogP) is 6.05. The smallest absolute Gasteiger partial charge is 0.237 e. The molecule has 10 nitrogen and oxygen atoms in total. The van der Waals surface area contributed by atoms with Gasteiger partial charge in [-0.3, -0.25) is 9.97 Å². The lowest BCUT2D eigenvalue weighted by molar-refractivity contribution is 0.209. The van der Waals surface area contributed by atoms with Crippen LogP contribution in [0.25, 0.3) is 33.6 Å². The largest absolute Gasteiger partial charge is 0.480 e. The van der Waals surface area contributed by atoms with Gasteiger partial charge in [0.15, 0.2) is 0 Å². The summed E-state index contributed by atoms with van der Waals surface area (Å²) in [6.07, 6.45) is 5.44. The Bertz CT molecular complexity index is 1720. The zero-order valence-electron chi connectivity index (χ0n) is 27.1. The third kappa shape index (κ3) is 8.02. The Morgan fingerprint density at radius 2 is 1.43 bits per heavy atom. The highest BCUT2D eigenvalue weighted by atomic mass is 35.5. The van der Waals surface area contributed by atoms with E-state index in [4.69, 9.17) is 42.6 Å². The summed E-state index contributed by atoms with van der Waals surface area (Å²) in [7, 11) is 3.14. The van der Waals surface area contributed by atoms with E-state index in [2.05, 4.69) is 32.5 Å². The molecule has 0 spiro atoms. The topological polar surface area (TPSA) is 126 Å². The lowest BCUT2D eigenvalue weighted by Crippen LogP contribution is -2.36. The molecule has 0 saturated carbocycles. The molecule has 0 aliphatic carbocycles. The van der Waals surface area contributed by atoms with Crippen LogP contribution in [0, 0.1) is 5.92 Å². The first-order chi connectivity index (χ1) is 22.7. The van der Waals surface area contributed by atoms with E-state index in [0.717, 1.165) is 36.2 Å². The van der Waals surface area contributed by atoms with Crippen molar-refractivity contribution in [3.8, 4) is 45.4 Å². The van der Waals surface area contributed by atoms with Crippen LogP contribution in [0.5, 0.6) is 11.8 Å². The van der Waals surface area contributed by atoms with Crippen molar-refractivity contribution in [3.63, 3.8) is 0 Å². The lowest BCUT2D eigenvalue weighted by atomic mass is 9.98. The van der Waals surface area contributed by atoms with Crippen molar-refractivity contribution >= 4 is 23.2 Å². The molecular weight excluding hydrogens is 637 g/mol. The van der Waals surface area contributed by atoms with Crippen molar-refractivity contribution in [2.45, 2.75) is 51.9 Å². The number of rotatable bonds is 14. The molecule has 4 N–H and O–H groups in total. The van der Waals surface area contributed by atoms with E-state index in [9.17, 15) is 5.11 Å². The molecule has 2 aromatic heterocycles. The number of nitrogens with one attached hydrogen (secondary N) is 3. The van der Waals surface area contributed by atoms with Crippen LogP contribution in [0.15, 0.2) is 61.1 Å². The number of halogens is 2. The average molecular weight is 679 g/mol. The average Bonchev–Trinajstić information content (AvgIpc) is 3.50. The summed E-state index contributed by atoms with van der Waals surface area (Å²) in [5.41, 5.74) is 6.41. The normalized spacial score (nSPS) is 15.1. The minimum absolute atomic E-state index is 0.0241. The molecule has 5 rings (SSSR count). The summed E-state index contributed by atoms with van der Waals surface area (Å²) < 4.78 is 11.2. The minimum atomic E-state index is -0.0691. The first-order valence-corrected chi connectivity index (χ1v) is 16.4. The number of methoxy groups -OCH3 is 2. The van der Waals surface area contributed by atoms with E-state index in [0.29, 0.717) is 74.8 Å². The first-order valence-electron chi connectivity index (χ1n) is 15.6. The van der Waals surface area contributed by atoms with E-state index in [1.807, 2.05) is 50.2 Å². The fourth-order valence-electron chi connectivity index (χ4n) is 5.54. The summed E-state index contributed by atoms with van der Waals surface area (Å²) in [5.74, 6) is 1.07. The minimum Gasteiger partial charge on any atom is -0.480 e. The van der Waals surface area contributed by atoms with Crippen molar-refractivity contribution in [1.82, 2.24) is 35.9 Å². The Balaban J connectivity index is 1.39. The van der Waals surface area contributed by atoms with Crippen LogP contribution >= 0.6 is 23.2 Å². The third-order valence-electron chi connectivity index (χ3n) is 8.27. The number of ether oxygens (including phenoxy) is 2. The van der Waals surface area contributed by atoms with E-state index in [1.165, 1.54) is 0 Å². The van der Waals surface area contributed by atoms with Crippen LogP contribution in [-0.4, -0.2) is 64.5 Å². The van der Waals surface area contributed by atoms with Crippen LogP contribution < -0.4 is 25.4 Å². The number of benzene rings is 2. The molecular formula is C35H41Cl2N7O3. The van der Waals surface area contributed by atoms with Crippen molar-refractivity contribution in [1.29, 1.82) is 0 Å². The Morgan fingerprint density at radius 3 is 1.89 bits per heavy atom. The van der Waals surface area contributed by atoms with Crippen LogP contribution in [0.4, 0.5) is 0 Å². The van der Waals surface area contributed by atoms with E-state index < -0.39 is 0 Å². The molecule has 1 saturated heterocycles. The van der Waals surface area contributed by atoms with Gasteiger partial charge in [0.2, 0.25) is 11.8 Å². The quantitative estimate of drug-likeness (QED) is 0.125. The highest BCUT2D eigenvalue weighted by molar-refractivity contribution is 6.39. The zero-order valence-corrected chi connectivity index (χ0v) is 28.6. The second kappa shape index (κ2) is 15.9. The molecule has 2 atom stereocenters. The monoisotopic (exact) mass is 677 g/mol. The van der Waals surface area contributed by atoms with Gasteiger partial charge in [-0.05, 0) is 18.8 Å². The second-order valence-corrected chi connectivity index (χ2v) is 12.5. The van der Waals surface area contributed by atoms with Gasteiger partial charge in [0.05, 0.1) is 54.7 Å². The summed E-state index contributed by atoms with van der Waals surface area (Å²) >= 11 is 14.1. The maximum Gasteiger partial charge on any atom is 0.237 e. The summed E-state index contributed by atoms with van der Waals surface area (Å²) in [4.78, 5) is 18.7. The second-order valence-electron chi connectivity index (χ2n) is 11.8. The van der Waals surface area contributed by atoms with Gasteiger partial charge in [0.25, 0.3) is 0 Å². The van der Waals surface area contributed by atoms with Crippen molar-refractivity contribution in [3.05, 3.63) is 82.5 Å². The number of hydrogen-bond acceptors (Lipinski definition) is 10. The van der Waals surface area contributed by atoms with Gasteiger partial charge >= 0.3 is 0 Å². The molecule has 1 fully saturated rings. The number of hydrogen-bond donors (Lipinski definition) is 4. The SMILES string of the molecule is C=C1CC[C@@H](CNCc2ncc(-c3cccc(-c4cccc(-c5cnc(CN[C@H](CO)C(C)C)c(OC)n5)c4Cl)c3Cl)nc2OC)N1. The predicted molar refractivity (Wildman–Crippen MR) is 187 cm³/mol. The number of aliphatic hydroxyl groups excluding tert-OH is 1. The molecule has 4 aromatic rings. The van der Waals surface area contributed by atoms with Crippen LogP contribution in [0.2, 0.25) is 10.0 Å². The van der Waals surface area contributed by atoms with Gasteiger partial charge < -0.3 is 30.5 Å². The highest BCUT2D eigenvalue weighted by Gasteiger charge is 2.21. The Morgan fingerprint density at radius 1 is 0.894 bits per heavy atom. The molecule has 12 heteroatoms. The van der Waals surface area contributed by atoms with Gasteiger partial charge in [0, 0.05) is 59.7 Å². The van der Waals surface area contributed by atoms with Gasteiger partial charge in [-0.25, -0.2) is 9.97 Å². The molecule has 0 amide bonds. The first kappa shape index (κ1) is 34.5. The molecule has 1 aliphatic rings. The van der Waals surface area contributed by atoms with E-state index in [1.54, 1.807) is 26.6 Å². The van der Waals surface area contributed by atoms with Crippen LogP contribution in [-0.2, 0) is 13.1 Å². The fourth-order valence-corrected chi connectivity index (χ4v) is 6.19. The Kier molecular flexibility index (Phi) is 11.7. The van der Waals surface area contributed by atoms with E-state index in [-0.39, 0.29) is 18.6 Å². The molecule has 0 bridgehead atoms. The molecule has 47 heavy (non-hydrogen) atoms. The van der Waals surface area contributed by atoms with Crippen LogP contribution in [0.1, 0.15) is 38.1 Å². The molecule has 1 aliphatic heterocycles. The highest BCUT2D eigenvalue weighted by Crippen LogP contribution is 2.42. The zero-order chi connectivity index (χ0) is 33.5. The maximum atomic E-state index is 9.67. The molecule has 3 heterocycles. The molecule has 0 unspecified atom stereocenters. The third-order valence-corrected chi connectivity index (χ3v) is 9.08. The number of aliphatic hydroxyl groups is 1.